The van der Waals surface area contributed by atoms with Gasteiger partial charge in [0.15, 0.2) is 17.6 Å². The first-order valence-corrected chi connectivity index (χ1v) is 5.81. The molecule has 1 aromatic carbocycles. The van der Waals surface area contributed by atoms with Crippen molar-refractivity contribution in [3.8, 4) is 17.2 Å². The van der Waals surface area contributed by atoms with Crippen molar-refractivity contribution in [1.29, 1.82) is 0 Å². The summed E-state index contributed by atoms with van der Waals surface area (Å²) in [6.45, 7) is 2.18. The third-order valence-electron chi connectivity index (χ3n) is 2.61. The topological polar surface area (TPSA) is 82.8 Å². The molecule has 6 nitrogen and oxygen atoms in total. The van der Waals surface area contributed by atoms with Crippen LogP contribution < -0.4 is 25.5 Å². The van der Waals surface area contributed by atoms with Crippen molar-refractivity contribution in [2.24, 2.45) is 5.84 Å². The van der Waals surface area contributed by atoms with E-state index in [4.69, 9.17) is 20.1 Å². The average Bonchev–Trinajstić information content (AvgIpc) is 2.84. The van der Waals surface area contributed by atoms with Crippen molar-refractivity contribution in [2.75, 3.05) is 6.79 Å². The van der Waals surface area contributed by atoms with Gasteiger partial charge >= 0.3 is 0 Å². The Kier molecular flexibility index (Phi) is 3.88. The smallest absolute Gasteiger partial charge is 0.274 e. The van der Waals surface area contributed by atoms with E-state index in [1.807, 2.05) is 6.92 Å². The van der Waals surface area contributed by atoms with Crippen molar-refractivity contribution in [3.63, 3.8) is 0 Å². The summed E-state index contributed by atoms with van der Waals surface area (Å²) in [5.41, 5.74) is 2.10. The second kappa shape index (κ2) is 5.59. The van der Waals surface area contributed by atoms with Crippen LogP contribution in [0, 0.1) is 0 Å². The molecule has 1 amide bonds. The first-order valence-electron chi connectivity index (χ1n) is 5.81. The molecule has 6 heteroatoms. The predicted molar refractivity (Wildman–Crippen MR) is 64.2 cm³/mol. The Morgan fingerprint density at radius 3 is 3.00 bits per heavy atom. The maximum absolute atomic E-state index is 11.5. The van der Waals surface area contributed by atoms with Crippen LogP contribution in [0.4, 0.5) is 0 Å². The molecule has 0 fully saturated rings. The highest BCUT2D eigenvalue weighted by Crippen LogP contribution is 2.35. The third-order valence-corrected chi connectivity index (χ3v) is 2.61. The standard InChI is InChI=1S/C12H16N2O4/c1-2-3-10(12(15)14-13)18-8-4-5-9-11(6-8)17-7-16-9/h4-6,10H,2-3,7,13H2,1H3,(H,14,15). The molecule has 1 aliphatic heterocycles. The molecular weight excluding hydrogens is 236 g/mol. The number of ether oxygens (including phenoxy) is 3. The van der Waals surface area contributed by atoms with Gasteiger partial charge in [-0.2, -0.15) is 0 Å². The Morgan fingerprint density at radius 2 is 2.28 bits per heavy atom. The molecule has 3 N–H and O–H groups in total. The zero-order valence-electron chi connectivity index (χ0n) is 10.1. The van der Waals surface area contributed by atoms with Gasteiger partial charge in [0.05, 0.1) is 0 Å². The van der Waals surface area contributed by atoms with Crippen LogP contribution in [0.2, 0.25) is 0 Å². The van der Waals surface area contributed by atoms with Gasteiger partial charge in [0.1, 0.15) is 5.75 Å². The number of nitrogens with two attached hydrogens (primary N) is 1. The Bertz CT molecular complexity index is 436. The number of hydrogen-bond acceptors (Lipinski definition) is 5. The molecule has 0 radical (unpaired) electrons. The van der Waals surface area contributed by atoms with Gasteiger partial charge in [-0.25, -0.2) is 5.84 Å². The van der Waals surface area contributed by atoms with Gasteiger partial charge in [0, 0.05) is 6.07 Å². The number of carbonyl (C=O) groups is 1. The number of amides is 1. The minimum absolute atomic E-state index is 0.209. The normalized spacial score (nSPS) is 14.1. The van der Waals surface area contributed by atoms with Crippen LogP contribution in [-0.2, 0) is 4.79 Å². The third kappa shape index (κ3) is 2.65. The molecular formula is C12H16N2O4. The maximum Gasteiger partial charge on any atom is 0.274 e. The zero-order chi connectivity index (χ0) is 13.0. The summed E-state index contributed by atoms with van der Waals surface area (Å²) < 4.78 is 16.0. The summed E-state index contributed by atoms with van der Waals surface area (Å²) in [6, 6.07) is 5.19. The summed E-state index contributed by atoms with van der Waals surface area (Å²) in [4.78, 5) is 11.5. The van der Waals surface area contributed by atoms with E-state index in [0.29, 0.717) is 23.7 Å². The molecule has 1 atom stereocenters. The lowest BCUT2D eigenvalue weighted by atomic mass is 10.2. The van der Waals surface area contributed by atoms with Crippen LogP contribution in [0.3, 0.4) is 0 Å². The lowest BCUT2D eigenvalue weighted by molar-refractivity contribution is -0.128. The number of hydrogen-bond donors (Lipinski definition) is 2. The van der Waals surface area contributed by atoms with Crippen molar-refractivity contribution >= 4 is 5.91 Å². The molecule has 18 heavy (non-hydrogen) atoms. The zero-order valence-corrected chi connectivity index (χ0v) is 10.1. The van der Waals surface area contributed by atoms with Gasteiger partial charge in [-0.15, -0.1) is 0 Å². The van der Waals surface area contributed by atoms with Crippen LogP contribution in [0.1, 0.15) is 19.8 Å². The van der Waals surface area contributed by atoms with Crippen molar-refractivity contribution < 1.29 is 19.0 Å². The van der Waals surface area contributed by atoms with Crippen LogP contribution in [0.25, 0.3) is 0 Å². The van der Waals surface area contributed by atoms with Gasteiger partial charge in [-0.05, 0) is 18.6 Å². The van der Waals surface area contributed by atoms with Crippen molar-refractivity contribution in [2.45, 2.75) is 25.9 Å². The van der Waals surface area contributed by atoms with Crippen molar-refractivity contribution in [1.82, 2.24) is 5.43 Å². The number of carbonyl (C=O) groups excluding carboxylic acids is 1. The molecule has 1 heterocycles. The van der Waals surface area contributed by atoms with Crippen LogP contribution in [0.15, 0.2) is 18.2 Å². The molecule has 0 saturated heterocycles. The molecule has 0 saturated carbocycles. The summed E-state index contributed by atoms with van der Waals surface area (Å²) >= 11 is 0. The lowest BCUT2D eigenvalue weighted by Crippen LogP contribution is -2.42. The molecule has 0 aliphatic carbocycles. The van der Waals surface area contributed by atoms with E-state index in [-0.39, 0.29) is 12.7 Å². The van der Waals surface area contributed by atoms with E-state index >= 15 is 0 Å². The van der Waals surface area contributed by atoms with E-state index in [0.717, 1.165) is 6.42 Å². The number of hydrazine groups is 1. The van der Waals surface area contributed by atoms with Gasteiger partial charge in [0.25, 0.3) is 5.91 Å². The lowest BCUT2D eigenvalue weighted by Gasteiger charge is -2.16. The first-order chi connectivity index (χ1) is 8.74. The molecule has 0 bridgehead atoms. The Labute approximate surface area is 105 Å². The van der Waals surface area contributed by atoms with Crippen LogP contribution >= 0.6 is 0 Å². The summed E-state index contributed by atoms with van der Waals surface area (Å²) in [5, 5.41) is 0. The van der Waals surface area contributed by atoms with E-state index in [1.54, 1.807) is 18.2 Å². The second-order valence-corrected chi connectivity index (χ2v) is 3.92. The molecule has 98 valence electrons. The molecule has 1 aromatic rings. The fourth-order valence-electron chi connectivity index (χ4n) is 1.71. The highest BCUT2D eigenvalue weighted by atomic mass is 16.7. The number of rotatable bonds is 5. The maximum atomic E-state index is 11.5. The van der Waals surface area contributed by atoms with Crippen LogP contribution in [-0.4, -0.2) is 18.8 Å². The van der Waals surface area contributed by atoms with Gasteiger partial charge in [0.2, 0.25) is 6.79 Å². The molecule has 1 aliphatic rings. The summed E-state index contributed by atoms with van der Waals surface area (Å²) in [7, 11) is 0. The van der Waals surface area contributed by atoms with E-state index in [9.17, 15) is 4.79 Å². The van der Waals surface area contributed by atoms with Gasteiger partial charge in [-0.1, -0.05) is 13.3 Å². The number of benzene rings is 1. The van der Waals surface area contributed by atoms with Gasteiger partial charge in [-0.3, -0.25) is 10.2 Å². The predicted octanol–water partition coefficient (Wildman–Crippen LogP) is 0.953. The molecule has 2 rings (SSSR count). The van der Waals surface area contributed by atoms with E-state index in [1.165, 1.54) is 0 Å². The minimum atomic E-state index is -0.597. The monoisotopic (exact) mass is 252 g/mol. The minimum Gasteiger partial charge on any atom is -0.480 e. The quantitative estimate of drug-likeness (QED) is 0.463. The highest BCUT2D eigenvalue weighted by molar-refractivity contribution is 5.80. The van der Waals surface area contributed by atoms with E-state index in [2.05, 4.69) is 5.43 Å². The molecule has 1 unspecified atom stereocenters. The fraction of sp³-hybridized carbons (Fsp3) is 0.417. The Balaban J connectivity index is 2.09. The molecule has 0 aromatic heterocycles. The summed E-state index contributed by atoms with van der Waals surface area (Å²) in [5.74, 6) is 6.64. The Hall–Kier alpha value is -1.95. The van der Waals surface area contributed by atoms with Gasteiger partial charge < -0.3 is 14.2 Å². The summed E-state index contributed by atoms with van der Waals surface area (Å²) in [6.07, 6.45) is 0.820. The highest BCUT2D eigenvalue weighted by Gasteiger charge is 2.20. The average molecular weight is 252 g/mol. The fourth-order valence-corrected chi connectivity index (χ4v) is 1.71. The van der Waals surface area contributed by atoms with Crippen LogP contribution in [0.5, 0.6) is 17.2 Å². The Morgan fingerprint density at radius 1 is 1.50 bits per heavy atom. The number of nitrogens with one attached hydrogen (secondary N) is 1. The van der Waals surface area contributed by atoms with Crippen molar-refractivity contribution in [3.05, 3.63) is 18.2 Å². The SMILES string of the molecule is CCCC(Oc1ccc2c(c1)OCO2)C(=O)NN. The largest absolute Gasteiger partial charge is 0.480 e. The number of fused-ring (bicyclic) bond motifs is 1. The second-order valence-electron chi connectivity index (χ2n) is 3.92. The molecule has 0 spiro atoms. The first kappa shape index (κ1) is 12.5. The van der Waals surface area contributed by atoms with E-state index < -0.39 is 6.10 Å².